The van der Waals surface area contributed by atoms with Crippen molar-refractivity contribution in [2.45, 2.75) is 19.1 Å². The van der Waals surface area contributed by atoms with E-state index in [0.29, 0.717) is 23.9 Å². The second-order valence-electron chi connectivity index (χ2n) is 3.82. The van der Waals surface area contributed by atoms with E-state index in [1.54, 1.807) is 6.07 Å². The number of aliphatic hydroxyl groups is 1. The van der Waals surface area contributed by atoms with Gasteiger partial charge in [0.25, 0.3) is 0 Å². The van der Waals surface area contributed by atoms with Crippen LogP contribution in [0.15, 0.2) is 18.2 Å². The van der Waals surface area contributed by atoms with Gasteiger partial charge in [-0.1, -0.05) is 17.7 Å². The first-order valence-corrected chi connectivity index (χ1v) is 5.36. The van der Waals surface area contributed by atoms with Crippen molar-refractivity contribution < 1.29 is 9.84 Å². The molecule has 1 saturated heterocycles. The Hall–Kier alpha value is -0.770. The third-order valence-electron chi connectivity index (χ3n) is 2.49. The van der Waals surface area contributed by atoms with Crippen LogP contribution < -0.4 is 10.1 Å². The lowest BCUT2D eigenvalue weighted by atomic mass is 10.2. The van der Waals surface area contributed by atoms with Gasteiger partial charge in [-0.3, -0.25) is 0 Å². The summed E-state index contributed by atoms with van der Waals surface area (Å²) >= 11 is 6.00. The Morgan fingerprint density at radius 1 is 1.47 bits per heavy atom. The monoisotopic (exact) mass is 227 g/mol. The standard InChI is InChI=1S/C11H14ClNO2/c1-7-2-3-8(12)10(4-7)15-11-6-13-5-9(11)14/h2-4,9,11,13-14H,5-6H2,1H3/t9-,11-/m0/s1. The fraction of sp³-hybridized carbons (Fsp3) is 0.455. The van der Waals surface area contributed by atoms with Crippen molar-refractivity contribution >= 4 is 11.6 Å². The van der Waals surface area contributed by atoms with Gasteiger partial charge in [0, 0.05) is 13.1 Å². The maximum Gasteiger partial charge on any atom is 0.138 e. The average molecular weight is 228 g/mol. The van der Waals surface area contributed by atoms with Crippen LogP contribution in [0.2, 0.25) is 5.02 Å². The number of ether oxygens (including phenoxy) is 1. The molecule has 3 nitrogen and oxygen atoms in total. The zero-order valence-corrected chi connectivity index (χ0v) is 9.29. The van der Waals surface area contributed by atoms with Crippen LogP contribution in [0.3, 0.4) is 0 Å². The molecule has 1 aliphatic heterocycles. The van der Waals surface area contributed by atoms with Crippen LogP contribution in [0.4, 0.5) is 0 Å². The van der Waals surface area contributed by atoms with Crippen molar-refractivity contribution in [3.8, 4) is 5.75 Å². The van der Waals surface area contributed by atoms with Crippen LogP contribution in [0.25, 0.3) is 0 Å². The highest BCUT2D eigenvalue weighted by molar-refractivity contribution is 6.32. The summed E-state index contributed by atoms with van der Waals surface area (Å²) in [4.78, 5) is 0. The molecule has 0 aliphatic carbocycles. The van der Waals surface area contributed by atoms with Crippen molar-refractivity contribution in [1.29, 1.82) is 0 Å². The number of halogens is 1. The maximum absolute atomic E-state index is 9.58. The Morgan fingerprint density at radius 3 is 2.93 bits per heavy atom. The number of nitrogens with one attached hydrogen (secondary N) is 1. The Kier molecular flexibility index (Phi) is 3.14. The summed E-state index contributed by atoms with van der Waals surface area (Å²) in [7, 11) is 0. The Labute approximate surface area is 94.0 Å². The van der Waals surface area contributed by atoms with Crippen molar-refractivity contribution in [3.05, 3.63) is 28.8 Å². The molecule has 0 unspecified atom stereocenters. The van der Waals surface area contributed by atoms with E-state index in [4.69, 9.17) is 16.3 Å². The number of benzene rings is 1. The van der Waals surface area contributed by atoms with Gasteiger partial charge in [0.2, 0.25) is 0 Å². The molecule has 4 heteroatoms. The van der Waals surface area contributed by atoms with Crippen LogP contribution in [-0.4, -0.2) is 30.4 Å². The number of rotatable bonds is 2. The normalized spacial score (nSPS) is 25.5. The molecule has 2 N–H and O–H groups in total. The minimum absolute atomic E-state index is 0.204. The summed E-state index contributed by atoms with van der Waals surface area (Å²) in [6, 6.07) is 5.62. The topological polar surface area (TPSA) is 41.5 Å². The van der Waals surface area contributed by atoms with E-state index in [2.05, 4.69) is 5.32 Å². The Bertz CT molecular complexity index is 356. The van der Waals surface area contributed by atoms with Crippen LogP contribution in [0, 0.1) is 6.92 Å². The lowest BCUT2D eigenvalue weighted by Gasteiger charge is -2.17. The van der Waals surface area contributed by atoms with E-state index in [0.717, 1.165) is 5.56 Å². The van der Waals surface area contributed by atoms with Gasteiger partial charge in [0.05, 0.1) is 5.02 Å². The summed E-state index contributed by atoms with van der Waals surface area (Å²) < 4.78 is 5.65. The zero-order chi connectivity index (χ0) is 10.8. The summed E-state index contributed by atoms with van der Waals surface area (Å²) in [5, 5.41) is 13.2. The lowest BCUT2D eigenvalue weighted by molar-refractivity contribution is 0.0738. The van der Waals surface area contributed by atoms with Crippen molar-refractivity contribution in [2.24, 2.45) is 0 Å². The van der Waals surface area contributed by atoms with Crippen molar-refractivity contribution in [3.63, 3.8) is 0 Å². The van der Waals surface area contributed by atoms with Gasteiger partial charge in [-0.05, 0) is 24.6 Å². The quantitative estimate of drug-likeness (QED) is 0.802. The van der Waals surface area contributed by atoms with Gasteiger partial charge in [-0.15, -0.1) is 0 Å². The molecule has 1 aliphatic rings. The third-order valence-corrected chi connectivity index (χ3v) is 2.81. The highest BCUT2D eigenvalue weighted by Gasteiger charge is 2.27. The average Bonchev–Trinajstić information content (AvgIpc) is 2.58. The SMILES string of the molecule is Cc1ccc(Cl)c(O[C@H]2CNC[C@@H]2O)c1. The molecular formula is C11H14ClNO2. The second-order valence-corrected chi connectivity index (χ2v) is 4.22. The molecule has 0 amide bonds. The molecule has 1 aromatic carbocycles. The van der Waals surface area contributed by atoms with E-state index in [1.807, 2.05) is 19.1 Å². The van der Waals surface area contributed by atoms with Gasteiger partial charge in [-0.25, -0.2) is 0 Å². The van der Waals surface area contributed by atoms with Gasteiger partial charge in [0.15, 0.2) is 0 Å². The highest BCUT2D eigenvalue weighted by atomic mass is 35.5. The van der Waals surface area contributed by atoms with E-state index in [9.17, 15) is 5.11 Å². The van der Waals surface area contributed by atoms with Crippen molar-refractivity contribution in [2.75, 3.05) is 13.1 Å². The molecule has 2 atom stereocenters. The first-order chi connectivity index (χ1) is 7.16. The van der Waals surface area contributed by atoms with E-state index >= 15 is 0 Å². The predicted octanol–water partition coefficient (Wildman–Crippen LogP) is 1.36. The number of β-amino-alcohol motifs (C(OH)–C–C–N with tert-alkyl or cyclic N) is 1. The van der Waals surface area contributed by atoms with Gasteiger partial charge in [0.1, 0.15) is 18.0 Å². The second kappa shape index (κ2) is 4.39. The summed E-state index contributed by atoms with van der Waals surface area (Å²) in [6.07, 6.45) is -0.661. The van der Waals surface area contributed by atoms with Crippen LogP contribution >= 0.6 is 11.6 Å². The molecule has 0 saturated carbocycles. The molecule has 0 spiro atoms. The molecule has 0 radical (unpaired) electrons. The minimum atomic E-state index is -0.457. The molecule has 2 rings (SSSR count). The fourth-order valence-electron chi connectivity index (χ4n) is 1.63. The van der Waals surface area contributed by atoms with Gasteiger partial charge in [-0.2, -0.15) is 0 Å². The molecular weight excluding hydrogens is 214 g/mol. The molecule has 0 bridgehead atoms. The van der Waals surface area contributed by atoms with Crippen LogP contribution in [-0.2, 0) is 0 Å². The zero-order valence-electron chi connectivity index (χ0n) is 8.53. The Balaban J connectivity index is 2.12. The minimum Gasteiger partial charge on any atom is -0.485 e. The molecule has 82 valence electrons. The third kappa shape index (κ3) is 2.43. The van der Waals surface area contributed by atoms with E-state index in [1.165, 1.54) is 0 Å². The first-order valence-electron chi connectivity index (χ1n) is 4.98. The maximum atomic E-state index is 9.58. The number of aryl methyl sites for hydroxylation is 1. The van der Waals surface area contributed by atoms with E-state index in [-0.39, 0.29) is 6.10 Å². The molecule has 1 heterocycles. The molecule has 1 aromatic rings. The first kappa shape index (κ1) is 10.7. The van der Waals surface area contributed by atoms with Gasteiger partial charge < -0.3 is 15.2 Å². The van der Waals surface area contributed by atoms with Crippen molar-refractivity contribution in [1.82, 2.24) is 5.32 Å². The Morgan fingerprint density at radius 2 is 2.27 bits per heavy atom. The fourth-order valence-corrected chi connectivity index (χ4v) is 1.79. The van der Waals surface area contributed by atoms with Crippen LogP contribution in [0.1, 0.15) is 5.56 Å². The molecule has 0 aromatic heterocycles. The summed E-state index contributed by atoms with van der Waals surface area (Å²) in [5.74, 6) is 0.643. The smallest absolute Gasteiger partial charge is 0.138 e. The number of hydrogen-bond acceptors (Lipinski definition) is 3. The summed E-state index contributed by atoms with van der Waals surface area (Å²) in [5.41, 5.74) is 1.09. The molecule has 15 heavy (non-hydrogen) atoms. The number of hydrogen-bond donors (Lipinski definition) is 2. The largest absolute Gasteiger partial charge is 0.485 e. The number of aliphatic hydroxyl groups excluding tert-OH is 1. The highest BCUT2D eigenvalue weighted by Crippen LogP contribution is 2.27. The van der Waals surface area contributed by atoms with Gasteiger partial charge >= 0.3 is 0 Å². The van der Waals surface area contributed by atoms with E-state index < -0.39 is 6.10 Å². The predicted molar refractivity (Wildman–Crippen MR) is 59.5 cm³/mol. The lowest BCUT2D eigenvalue weighted by Crippen LogP contribution is -2.29. The van der Waals surface area contributed by atoms with Crippen LogP contribution in [0.5, 0.6) is 5.75 Å². The summed E-state index contributed by atoms with van der Waals surface area (Å²) in [6.45, 7) is 3.21. The molecule has 1 fully saturated rings.